The van der Waals surface area contributed by atoms with E-state index in [1.54, 1.807) is 6.20 Å². The lowest BCUT2D eigenvalue weighted by Gasteiger charge is -2.17. The van der Waals surface area contributed by atoms with Crippen molar-refractivity contribution in [1.29, 1.82) is 0 Å². The molecule has 0 aromatic carbocycles. The number of carbonyl (C=O) groups excluding carboxylic acids is 1. The second kappa shape index (κ2) is 12.2. The van der Waals surface area contributed by atoms with E-state index >= 15 is 0 Å². The summed E-state index contributed by atoms with van der Waals surface area (Å²) in [6.07, 6.45) is 19.9. The maximum Gasteiger partial charge on any atom is 0.250 e. The van der Waals surface area contributed by atoms with Crippen molar-refractivity contribution < 1.29 is 10.1 Å². The lowest BCUT2D eigenvalue weighted by atomic mass is 9.96. The first-order chi connectivity index (χ1) is 15.1. The minimum absolute atomic E-state index is 0.0224. The van der Waals surface area contributed by atoms with Gasteiger partial charge in [0.25, 0.3) is 5.91 Å². The number of hydrogen-bond donors (Lipinski definition) is 3. The molecule has 1 heterocycles. The molecule has 0 bridgehead atoms. The van der Waals surface area contributed by atoms with E-state index in [9.17, 15) is 4.79 Å². The van der Waals surface area contributed by atoms with Crippen molar-refractivity contribution in [2.45, 2.75) is 46.0 Å². The number of allylic oxidation sites excluding steroid dienone is 4. The Bertz CT molecular complexity index is 853. The van der Waals surface area contributed by atoms with E-state index in [0.29, 0.717) is 17.8 Å². The smallest absolute Gasteiger partial charge is 0.250 e. The molecule has 0 aliphatic heterocycles. The average molecular weight is 423 g/mol. The molecular formula is C25H36N5O+. The van der Waals surface area contributed by atoms with Crippen LogP contribution in [0.4, 0.5) is 11.8 Å². The number of nitrogens with two attached hydrogens (primary N) is 1. The summed E-state index contributed by atoms with van der Waals surface area (Å²) in [6.45, 7) is 6.72. The second-order valence-electron chi connectivity index (χ2n) is 8.69. The highest BCUT2D eigenvalue weighted by atomic mass is 16.1. The Morgan fingerprint density at radius 2 is 2.26 bits per heavy atom. The molecule has 166 valence electrons. The maximum absolute atomic E-state index is 12.2. The van der Waals surface area contributed by atoms with Gasteiger partial charge in [-0.3, -0.25) is 10.1 Å². The van der Waals surface area contributed by atoms with Crippen LogP contribution in [0.15, 0.2) is 59.9 Å². The molecule has 31 heavy (non-hydrogen) atoms. The molecule has 1 aromatic rings. The first-order valence-electron chi connectivity index (χ1n) is 11.5. The zero-order valence-electron chi connectivity index (χ0n) is 18.8. The van der Waals surface area contributed by atoms with Gasteiger partial charge in [0, 0.05) is 30.9 Å². The largest absolute Gasteiger partial charge is 0.353 e. The van der Waals surface area contributed by atoms with E-state index in [1.165, 1.54) is 12.0 Å². The molecule has 0 radical (unpaired) electrons. The Morgan fingerprint density at radius 1 is 1.35 bits per heavy atom. The van der Waals surface area contributed by atoms with Crippen LogP contribution < -0.4 is 16.0 Å². The van der Waals surface area contributed by atoms with Gasteiger partial charge in [-0.15, -0.1) is 0 Å². The lowest BCUT2D eigenvalue weighted by Crippen LogP contribution is -2.78. The molecule has 6 nitrogen and oxygen atoms in total. The number of nitrogens with one attached hydrogen (secondary N) is 2. The molecule has 2 aliphatic carbocycles. The van der Waals surface area contributed by atoms with Gasteiger partial charge in [-0.1, -0.05) is 50.3 Å². The fraction of sp³-hybridized carbons (Fsp3) is 0.480. The second-order valence-corrected chi connectivity index (χ2v) is 8.69. The summed E-state index contributed by atoms with van der Waals surface area (Å²) in [5.41, 5.74) is 2.21. The van der Waals surface area contributed by atoms with Gasteiger partial charge >= 0.3 is 0 Å². The number of amides is 1. The van der Waals surface area contributed by atoms with E-state index < -0.39 is 0 Å². The minimum atomic E-state index is 0.0224. The number of anilines is 1. The summed E-state index contributed by atoms with van der Waals surface area (Å²) < 4.78 is 0. The fourth-order valence-corrected chi connectivity index (χ4v) is 3.59. The Hall–Kier alpha value is -2.73. The molecule has 1 atom stereocenters. The Morgan fingerprint density at radius 3 is 3.06 bits per heavy atom. The third-order valence-corrected chi connectivity index (χ3v) is 5.57. The summed E-state index contributed by atoms with van der Waals surface area (Å²) in [5, 5.41) is 8.51. The molecule has 4 N–H and O–H groups in total. The van der Waals surface area contributed by atoms with Crippen LogP contribution in [0.25, 0.3) is 0 Å². The zero-order valence-corrected chi connectivity index (χ0v) is 18.8. The molecule has 2 aliphatic rings. The normalized spacial score (nSPS) is 18.4. The Labute approximate surface area is 186 Å². The van der Waals surface area contributed by atoms with E-state index in [4.69, 9.17) is 0 Å². The number of carbonyl (C=O) groups is 1. The van der Waals surface area contributed by atoms with Gasteiger partial charge < -0.3 is 10.6 Å². The van der Waals surface area contributed by atoms with Gasteiger partial charge in [-0.25, -0.2) is 4.98 Å². The molecule has 0 fully saturated rings. The van der Waals surface area contributed by atoms with Gasteiger partial charge in [0.05, 0.1) is 0 Å². The van der Waals surface area contributed by atoms with Crippen molar-refractivity contribution in [2.75, 3.05) is 25.0 Å². The predicted octanol–water partition coefficient (Wildman–Crippen LogP) is 3.41. The van der Waals surface area contributed by atoms with Crippen LogP contribution in [0.3, 0.4) is 0 Å². The third kappa shape index (κ3) is 8.13. The van der Waals surface area contributed by atoms with Crippen LogP contribution in [0, 0.1) is 11.8 Å². The molecule has 3 rings (SSSR count). The summed E-state index contributed by atoms with van der Waals surface area (Å²) in [4.78, 5) is 21.2. The van der Waals surface area contributed by atoms with Crippen LogP contribution in [0.5, 0.6) is 0 Å². The fourth-order valence-electron chi connectivity index (χ4n) is 3.59. The van der Waals surface area contributed by atoms with Crippen molar-refractivity contribution in [3.63, 3.8) is 0 Å². The molecule has 1 unspecified atom stereocenters. The molecule has 0 saturated carbocycles. The van der Waals surface area contributed by atoms with Crippen LogP contribution in [-0.2, 0) is 4.79 Å². The molecule has 6 heteroatoms. The third-order valence-electron chi connectivity index (χ3n) is 5.57. The van der Waals surface area contributed by atoms with Crippen molar-refractivity contribution in [2.24, 2.45) is 11.8 Å². The number of hydrogen-bond acceptors (Lipinski definition) is 4. The Balaban J connectivity index is 1.41. The highest BCUT2D eigenvalue weighted by Crippen LogP contribution is 2.17. The van der Waals surface area contributed by atoms with E-state index in [0.717, 1.165) is 56.7 Å². The van der Waals surface area contributed by atoms with Crippen molar-refractivity contribution in [3.05, 3.63) is 59.9 Å². The summed E-state index contributed by atoms with van der Waals surface area (Å²) in [5.74, 6) is 2.54. The SMILES string of the molecule is CC(C)CCNC(=O)C1=CCC(CNc2nccc([NH2+]CC3=CC=CCCC3)n2)C=C1. The van der Waals surface area contributed by atoms with E-state index in [2.05, 4.69) is 64.1 Å². The highest BCUT2D eigenvalue weighted by Gasteiger charge is 2.14. The molecule has 1 amide bonds. The van der Waals surface area contributed by atoms with Gasteiger partial charge in [-0.05, 0) is 49.5 Å². The molecular weight excluding hydrogens is 386 g/mol. The quantitative estimate of drug-likeness (QED) is 0.540. The summed E-state index contributed by atoms with van der Waals surface area (Å²) in [6, 6.07) is 1.95. The first kappa shape index (κ1) is 22.9. The van der Waals surface area contributed by atoms with Crippen LogP contribution >= 0.6 is 0 Å². The summed E-state index contributed by atoms with van der Waals surface area (Å²) >= 11 is 0. The van der Waals surface area contributed by atoms with Gasteiger partial charge in [-0.2, -0.15) is 4.98 Å². The van der Waals surface area contributed by atoms with Crippen molar-refractivity contribution in [3.8, 4) is 0 Å². The van der Waals surface area contributed by atoms with Gasteiger partial charge in [0.15, 0.2) is 0 Å². The highest BCUT2D eigenvalue weighted by molar-refractivity contribution is 5.96. The monoisotopic (exact) mass is 422 g/mol. The number of aromatic nitrogens is 2. The van der Waals surface area contributed by atoms with Crippen LogP contribution in [0.2, 0.25) is 0 Å². The van der Waals surface area contributed by atoms with Crippen molar-refractivity contribution >= 4 is 17.7 Å². The topological polar surface area (TPSA) is 83.5 Å². The minimum Gasteiger partial charge on any atom is -0.353 e. The van der Waals surface area contributed by atoms with E-state index in [1.807, 2.05) is 18.2 Å². The lowest BCUT2D eigenvalue weighted by molar-refractivity contribution is -0.567. The predicted molar refractivity (Wildman–Crippen MR) is 126 cm³/mol. The zero-order chi connectivity index (χ0) is 21.9. The maximum atomic E-state index is 12.2. The standard InChI is InChI=1S/C25H35N5O/c1-19(2)13-15-26-24(31)22-11-9-21(10-12-22)18-29-25-27-16-14-23(30-25)28-17-20-7-5-3-4-6-8-20/h3,5,7,9,11-12,14,16,19,21H,4,6,8,10,13,15,17-18H2,1-2H3,(H,26,31)(H2,27,28,29,30)/p+1. The van der Waals surface area contributed by atoms with Crippen molar-refractivity contribution in [1.82, 2.24) is 15.3 Å². The van der Waals surface area contributed by atoms with Gasteiger partial charge in [0.2, 0.25) is 11.8 Å². The number of quaternary nitrogens is 1. The number of rotatable bonds is 10. The first-order valence-corrected chi connectivity index (χ1v) is 11.5. The van der Waals surface area contributed by atoms with Crippen LogP contribution in [0.1, 0.15) is 46.0 Å². The van der Waals surface area contributed by atoms with E-state index in [-0.39, 0.29) is 5.91 Å². The van der Waals surface area contributed by atoms with Crippen LogP contribution in [-0.4, -0.2) is 35.5 Å². The number of nitrogens with zero attached hydrogens (tertiary/aromatic N) is 2. The Kier molecular flexibility index (Phi) is 9.03. The molecule has 1 aromatic heterocycles. The average Bonchev–Trinajstić information content (AvgIpc) is 3.05. The molecule has 0 saturated heterocycles. The van der Waals surface area contributed by atoms with Gasteiger partial charge in [0.1, 0.15) is 6.54 Å². The molecule has 0 spiro atoms. The summed E-state index contributed by atoms with van der Waals surface area (Å²) in [7, 11) is 0.